The Kier molecular flexibility index (Phi) is 5.38. The molecule has 1 aliphatic rings. The SMILES string of the molecule is COc1ccc(-c2c(Cl)nc3c(C4=CCCCC4)c(-c4ccccn4)nn3c2Cl)cc1. The molecule has 0 radical (unpaired) electrons. The van der Waals surface area contributed by atoms with Gasteiger partial charge in [0.2, 0.25) is 0 Å². The number of fused-ring (bicyclic) bond motifs is 1. The van der Waals surface area contributed by atoms with Crippen molar-refractivity contribution in [2.45, 2.75) is 25.7 Å². The van der Waals surface area contributed by atoms with E-state index in [1.165, 1.54) is 12.0 Å². The molecule has 0 N–H and O–H groups in total. The lowest BCUT2D eigenvalue weighted by molar-refractivity contribution is 0.415. The molecule has 0 bridgehead atoms. The molecule has 0 saturated carbocycles. The highest BCUT2D eigenvalue weighted by molar-refractivity contribution is 6.38. The number of pyridine rings is 1. The van der Waals surface area contributed by atoms with Gasteiger partial charge in [-0.05, 0) is 61.1 Å². The number of nitrogens with zero attached hydrogens (tertiary/aromatic N) is 4. The summed E-state index contributed by atoms with van der Waals surface area (Å²) in [5, 5.41) is 5.61. The van der Waals surface area contributed by atoms with Crippen molar-refractivity contribution in [2.75, 3.05) is 7.11 Å². The second kappa shape index (κ2) is 8.33. The van der Waals surface area contributed by atoms with E-state index in [0.717, 1.165) is 47.5 Å². The summed E-state index contributed by atoms with van der Waals surface area (Å²) in [6.45, 7) is 0. The van der Waals surface area contributed by atoms with Crippen LogP contribution in [-0.4, -0.2) is 26.7 Å². The molecule has 0 aliphatic heterocycles. The van der Waals surface area contributed by atoms with Gasteiger partial charge in [0.05, 0.1) is 23.9 Å². The summed E-state index contributed by atoms with van der Waals surface area (Å²) in [7, 11) is 1.63. The maximum Gasteiger partial charge on any atom is 0.166 e. The van der Waals surface area contributed by atoms with Crippen LogP contribution in [0.5, 0.6) is 5.75 Å². The van der Waals surface area contributed by atoms with E-state index in [2.05, 4.69) is 11.1 Å². The Hall–Kier alpha value is -2.89. The summed E-state index contributed by atoms with van der Waals surface area (Å²) in [5.74, 6) is 0.757. The van der Waals surface area contributed by atoms with E-state index in [1.807, 2.05) is 42.5 Å². The Morgan fingerprint density at radius 1 is 1.00 bits per heavy atom. The van der Waals surface area contributed by atoms with Crippen molar-refractivity contribution in [1.29, 1.82) is 0 Å². The molecule has 1 aromatic carbocycles. The van der Waals surface area contributed by atoms with Crippen molar-refractivity contribution in [3.05, 3.63) is 70.6 Å². The molecule has 7 heteroatoms. The molecule has 0 atom stereocenters. The molecule has 31 heavy (non-hydrogen) atoms. The molecular weight excluding hydrogens is 431 g/mol. The number of hydrogen-bond acceptors (Lipinski definition) is 4. The van der Waals surface area contributed by atoms with Crippen LogP contribution >= 0.6 is 23.2 Å². The van der Waals surface area contributed by atoms with Crippen molar-refractivity contribution < 1.29 is 4.74 Å². The topological polar surface area (TPSA) is 52.3 Å². The van der Waals surface area contributed by atoms with Gasteiger partial charge in [0.15, 0.2) is 5.65 Å². The third-order valence-corrected chi connectivity index (χ3v) is 6.18. The number of hydrogen-bond donors (Lipinski definition) is 0. The van der Waals surface area contributed by atoms with Crippen LogP contribution in [0.25, 0.3) is 33.7 Å². The van der Waals surface area contributed by atoms with E-state index < -0.39 is 0 Å². The Bertz CT molecular complexity index is 1280. The molecule has 5 rings (SSSR count). The molecule has 0 fully saturated rings. The highest BCUT2D eigenvalue weighted by Gasteiger charge is 2.25. The molecule has 4 aromatic rings. The quantitative estimate of drug-likeness (QED) is 0.323. The zero-order valence-corrected chi connectivity index (χ0v) is 18.5. The number of aromatic nitrogens is 4. The first-order valence-corrected chi connectivity index (χ1v) is 11.0. The molecule has 0 unspecified atom stereocenters. The Morgan fingerprint density at radius 2 is 1.84 bits per heavy atom. The van der Waals surface area contributed by atoms with Gasteiger partial charge in [0.1, 0.15) is 21.7 Å². The first-order chi connectivity index (χ1) is 15.2. The van der Waals surface area contributed by atoms with Crippen LogP contribution in [0.4, 0.5) is 0 Å². The Balaban J connectivity index is 1.77. The van der Waals surface area contributed by atoms with E-state index in [0.29, 0.717) is 21.5 Å². The van der Waals surface area contributed by atoms with Crippen molar-refractivity contribution in [3.63, 3.8) is 0 Å². The average Bonchev–Trinajstić information content (AvgIpc) is 3.20. The number of allylic oxidation sites excluding steroid dienone is 2. The van der Waals surface area contributed by atoms with Crippen LogP contribution in [-0.2, 0) is 0 Å². The van der Waals surface area contributed by atoms with Gasteiger partial charge in [-0.15, -0.1) is 0 Å². The van der Waals surface area contributed by atoms with E-state index in [-0.39, 0.29) is 0 Å². The lowest BCUT2D eigenvalue weighted by Gasteiger charge is -2.13. The first-order valence-electron chi connectivity index (χ1n) is 10.2. The molecule has 0 amide bonds. The minimum atomic E-state index is 0.341. The average molecular weight is 451 g/mol. The van der Waals surface area contributed by atoms with Gasteiger partial charge in [-0.2, -0.15) is 5.10 Å². The summed E-state index contributed by atoms with van der Waals surface area (Å²) in [6.07, 6.45) is 8.38. The van der Waals surface area contributed by atoms with Crippen LogP contribution in [0.1, 0.15) is 31.2 Å². The van der Waals surface area contributed by atoms with Gasteiger partial charge in [0.25, 0.3) is 0 Å². The zero-order valence-electron chi connectivity index (χ0n) is 17.0. The van der Waals surface area contributed by atoms with Crippen molar-refractivity contribution in [2.24, 2.45) is 0 Å². The molecule has 3 aromatic heterocycles. The first kappa shape index (κ1) is 20.0. The predicted octanol–water partition coefficient (Wildman–Crippen LogP) is 6.73. The van der Waals surface area contributed by atoms with E-state index >= 15 is 0 Å². The third-order valence-electron chi connectivity index (χ3n) is 5.56. The summed E-state index contributed by atoms with van der Waals surface area (Å²) in [6, 6.07) is 13.4. The van der Waals surface area contributed by atoms with Crippen molar-refractivity contribution >= 4 is 34.4 Å². The highest BCUT2D eigenvalue weighted by Crippen LogP contribution is 2.40. The van der Waals surface area contributed by atoms with Gasteiger partial charge in [0, 0.05) is 6.20 Å². The lowest BCUT2D eigenvalue weighted by Crippen LogP contribution is -1.99. The van der Waals surface area contributed by atoms with Gasteiger partial charge in [-0.25, -0.2) is 9.50 Å². The van der Waals surface area contributed by atoms with Crippen molar-refractivity contribution in [3.8, 4) is 28.3 Å². The molecule has 0 saturated heterocycles. The molecule has 5 nitrogen and oxygen atoms in total. The van der Waals surface area contributed by atoms with Crippen LogP contribution < -0.4 is 4.74 Å². The van der Waals surface area contributed by atoms with E-state index in [1.54, 1.807) is 17.8 Å². The summed E-state index contributed by atoms with van der Waals surface area (Å²) >= 11 is 13.6. The monoisotopic (exact) mass is 450 g/mol. The maximum atomic E-state index is 6.87. The number of ether oxygens (including phenoxy) is 1. The second-order valence-corrected chi connectivity index (χ2v) is 8.16. The van der Waals surface area contributed by atoms with Crippen LogP contribution in [0.15, 0.2) is 54.7 Å². The highest BCUT2D eigenvalue weighted by atomic mass is 35.5. The minimum Gasteiger partial charge on any atom is -0.497 e. The number of halogens is 2. The maximum absolute atomic E-state index is 6.87. The number of rotatable bonds is 4. The fraction of sp³-hybridized carbons (Fsp3) is 0.208. The van der Waals surface area contributed by atoms with E-state index in [4.69, 9.17) is 38.0 Å². The molecule has 3 heterocycles. The molecule has 1 aliphatic carbocycles. The smallest absolute Gasteiger partial charge is 0.166 e. The predicted molar refractivity (Wildman–Crippen MR) is 125 cm³/mol. The molecule has 156 valence electrons. The fourth-order valence-electron chi connectivity index (χ4n) is 4.03. The van der Waals surface area contributed by atoms with Crippen LogP contribution in [0, 0.1) is 0 Å². The summed E-state index contributed by atoms with van der Waals surface area (Å²) in [4.78, 5) is 9.29. The number of methoxy groups -OCH3 is 1. The fourth-order valence-corrected chi connectivity index (χ4v) is 4.67. The van der Waals surface area contributed by atoms with E-state index in [9.17, 15) is 0 Å². The standard InChI is InChI=1S/C24H20Cl2N4O/c1-31-17-12-10-16(11-13-17)20-22(25)28-24-19(15-7-3-2-4-8-15)21(29-30(24)23(20)26)18-9-5-6-14-27-18/h5-7,9-14H,2-4,8H2,1H3. The normalized spacial score (nSPS) is 14.0. The van der Waals surface area contributed by atoms with Gasteiger partial charge in [-0.1, -0.05) is 47.5 Å². The molecule has 0 spiro atoms. The summed E-state index contributed by atoms with van der Waals surface area (Å²) in [5.41, 5.74) is 5.87. The Morgan fingerprint density at radius 3 is 2.52 bits per heavy atom. The van der Waals surface area contributed by atoms with Crippen molar-refractivity contribution in [1.82, 2.24) is 19.6 Å². The largest absolute Gasteiger partial charge is 0.497 e. The lowest BCUT2D eigenvalue weighted by atomic mass is 9.93. The second-order valence-electron chi connectivity index (χ2n) is 7.45. The third kappa shape index (κ3) is 3.58. The number of benzene rings is 1. The van der Waals surface area contributed by atoms with Gasteiger partial charge >= 0.3 is 0 Å². The Labute approximate surface area is 190 Å². The summed E-state index contributed by atoms with van der Waals surface area (Å²) < 4.78 is 6.94. The van der Waals surface area contributed by atoms with Gasteiger partial charge in [-0.3, -0.25) is 4.98 Å². The van der Waals surface area contributed by atoms with Crippen LogP contribution in [0.2, 0.25) is 10.3 Å². The van der Waals surface area contributed by atoms with Crippen LogP contribution in [0.3, 0.4) is 0 Å². The zero-order chi connectivity index (χ0) is 21.4. The molecular formula is C24H20Cl2N4O. The minimum absolute atomic E-state index is 0.341. The van der Waals surface area contributed by atoms with Gasteiger partial charge < -0.3 is 4.74 Å².